The second-order valence-corrected chi connectivity index (χ2v) is 10.5. The van der Waals surface area contributed by atoms with Gasteiger partial charge in [0.25, 0.3) is 11.8 Å². The molecule has 228 valence electrons. The Morgan fingerprint density at radius 2 is 0.935 bits per heavy atom. The van der Waals surface area contributed by atoms with Gasteiger partial charge in [0, 0.05) is 12.4 Å². The minimum absolute atomic E-state index is 0.232. The van der Waals surface area contributed by atoms with Gasteiger partial charge in [-0.15, -0.1) is 0 Å². The fourth-order valence-electron chi connectivity index (χ4n) is 5.10. The van der Waals surface area contributed by atoms with Crippen molar-refractivity contribution in [3.8, 4) is 11.5 Å². The number of aromatic nitrogens is 2. The van der Waals surface area contributed by atoms with Crippen LogP contribution in [0.25, 0.3) is 10.8 Å². The number of nitrogens with zero attached hydrogens (tertiary/aromatic N) is 2. The molecule has 4 aromatic carbocycles. The van der Waals surface area contributed by atoms with Gasteiger partial charge in [0.2, 0.25) is 0 Å². The Labute approximate surface area is 267 Å². The van der Waals surface area contributed by atoms with Crippen LogP contribution in [0.4, 0.5) is 0 Å². The van der Waals surface area contributed by atoms with Crippen molar-refractivity contribution in [2.75, 3.05) is 0 Å². The fourth-order valence-corrected chi connectivity index (χ4v) is 5.10. The van der Waals surface area contributed by atoms with Crippen molar-refractivity contribution in [1.82, 2.24) is 20.6 Å². The van der Waals surface area contributed by atoms with E-state index < -0.39 is 0 Å². The minimum atomic E-state index is -0.232. The summed E-state index contributed by atoms with van der Waals surface area (Å²) in [6.07, 6.45) is 3.40. The predicted molar refractivity (Wildman–Crippen MR) is 176 cm³/mol. The number of rotatable bonds is 12. The van der Waals surface area contributed by atoms with E-state index in [4.69, 9.17) is 9.47 Å². The van der Waals surface area contributed by atoms with Gasteiger partial charge in [-0.3, -0.25) is 19.6 Å². The summed E-state index contributed by atoms with van der Waals surface area (Å²) < 4.78 is 12.4. The van der Waals surface area contributed by atoms with Crippen LogP contribution in [0.15, 0.2) is 134 Å². The molecule has 0 radical (unpaired) electrons. The molecule has 2 heterocycles. The quantitative estimate of drug-likeness (QED) is 0.161. The molecule has 0 saturated heterocycles. The maximum Gasteiger partial charge on any atom is 0.255 e. The Balaban J connectivity index is 1.13. The predicted octanol–water partition coefficient (Wildman–Crippen LogP) is 6.65. The topological polar surface area (TPSA) is 102 Å². The average molecular weight is 609 g/mol. The summed E-state index contributed by atoms with van der Waals surface area (Å²) in [5.74, 6) is 0.527. The number of nitrogens with one attached hydrogen (secondary N) is 2. The maximum absolute atomic E-state index is 13.0. The van der Waals surface area contributed by atoms with Gasteiger partial charge in [-0.2, -0.15) is 0 Å². The zero-order chi connectivity index (χ0) is 31.6. The lowest BCUT2D eigenvalue weighted by atomic mass is 10.0. The molecule has 8 nitrogen and oxygen atoms in total. The first-order chi connectivity index (χ1) is 22.7. The first-order valence-corrected chi connectivity index (χ1v) is 14.9. The van der Waals surface area contributed by atoms with E-state index in [-0.39, 0.29) is 25.0 Å². The molecule has 2 aromatic heterocycles. The van der Waals surface area contributed by atoms with Gasteiger partial charge in [0.1, 0.15) is 24.7 Å². The molecule has 0 unspecified atom stereocenters. The minimum Gasteiger partial charge on any atom is -0.488 e. The van der Waals surface area contributed by atoms with Crippen LogP contribution in [0.5, 0.6) is 11.5 Å². The fraction of sp³-hybridized carbons (Fsp3) is 0.105. The van der Waals surface area contributed by atoms with Crippen LogP contribution in [0.3, 0.4) is 0 Å². The van der Waals surface area contributed by atoms with Crippen LogP contribution in [0.1, 0.15) is 43.2 Å². The molecule has 2 N–H and O–H groups in total. The van der Waals surface area contributed by atoms with Crippen molar-refractivity contribution < 1.29 is 19.1 Å². The summed E-state index contributed by atoms with van der Waals surface area (Å²) in [5.41, 5.74) is 4.40. The third kappa shape index (κ3) is 7.36. The van der Waals surface area contributed by atoms with Crippen molar-refractivity contribution in [3.63, 3.8) is 0 Å². The highest BCUT2D eigenvalue weighted by atomic mass is 16.5. The Kier molecular flexibility index (Phi) is 9.55. The van der Waals surface area contributed by atoms with E-state index in [1.54, 1.807) is 36.7 Å². The molecule has 46 heavy (non-hydrogen) atoms. The summed E-state index contributed by atoms with van der Waals surface area (Å²) in [6, 6.07) is 37.7. The number of benzene rings is 4. The maximum atomic E-state index is 13.0. The SMILES string of the molecule is O=C(NCc1ccccn1)c1ccccc1OCc1cccc2c(COc3ccccc3C(=O)NCc3ccccn3)cccc12. The lowest BCUT2D eigenvalue weighted by Crippen LogP contribution is -2.24. The van der Waals surface area contributed by atoms with Gasteiger partial charge in [0.15, 0.2) is 0 Å². The highest BCUT2D eigenvalue weighted by Crippen LogP contribution is 2.27. The number of para-hydroxylation sites is 2. The molecule has 2 amide bonds. The Hall–Kier alpha value is -6.02. The van der Waals surface area contributed by atoms with E-state index in [0.717, 1.165) is 33.3 Å². The van der Waals surface area contributed by atoms with Gasteiger partial charge in [-0.05, 0) is 70.4 Å². The van der Waals surface area contributed by atoms with Gasteiger partial charge in [-0.1, -0.05) is 72.8 Å². The van der Waals surface area contributed by atoms with Crippen LogP contribution < -0.4 is 20.1 Å². The molecule has 0 fully saturated rings. The molecule has 0 aliphatic rings. The van der Waals surface area contributed by atoms with E-state index in [9.17, 15) is 9.59 Å². The summed E-state index contributed by atoms with van der Waals surface area (Å²) in [7, 11) is 0. The summed E-state index contributed by atoms with van der Waals surface area (Å²) in [5, 5.41) is 7.87. The van der Waals surface area contributed by atoms with E-state index >= 15 is 0 Å². The summed E-state index contributed by atoms with van der Waals surface area (Å²) >= 11 is 0. The second-order valence-electron chi connectivity index (χ2n) is 10.5. The molecule has 0 aliphatic heterocycles. The van der Waals surface area contributed by atoms with Crippen LogP contribution >= 0.6 is 0 Å². The van der Waals surface area contributed by atoms with Crippen LogP contribution in [-0.4, -0.2) is 21.8 Å². The molecule has 8 heteroatoms. The van der Waals surface area contributed by atoms with Crippen molar-refractivity contribution in [2.24, 2.45) is 0 Å². The summed E-state index contributed by atoms with van der Waals surface area (Å²) in [6.45, 7) is 1.18. The molecule has 6 rings (SSSR count). The first kappa shape index (κ1) is 30.0. The first-order valence-electron chi connectivity index (χ1n) is 14.9. The third-order valence-corrected chi connectivity index (χ3v) is 7.44. The van der Waals surface area contributed by atoms with Crippen LogP contribution in [0, 0.1) is 0 Å². The number of hydrogen-bond donors (Lipinski definition) is 2. The number of amides is 2. The van der Waals surface area contributed by atoms with E-state index in [1.165, 1.54) is 0 Å². The van der Waals surface area contributed by atoms with Crippen molar-refractivity contribution in [3.05, 3.63) is 167 Å². The highest BCUT2D eigenvalue weighted by Gasteiger charge is 2.15. The standard InChI is InChI=1S/C38H32N4O4/c43-37(41-23-29-13-5-7-21-39-29)33-15-1-3-19-35(33)45-25-27-11-9-18-32-28(12-10-17-31(27)32)26-46-36-20-4-2-16-34(36)38(44)42-24-30-14-6-8-22-40-30/h1-22H,23-26H2,(H,41,43)(H,42,44). The molecule has 0 atom stereocenters. The largest absolute Gasteiger partial charge is 0.488 e. The lowest BCUT2D eigenvalue weighted by molar-refractivity contribution is 0.0937. The monoisotopic (exact) mass is 608 g/mol. The molecule has 0 saturated carbocycles. The zero-order valence-corrected chi connectivity index (χ0v) is 25.1. The lowest BCUT2D eigenvalue weighted by Gasteiger charge is -2.15. The van der Waals surface area contributed by atoms with Gasteiger partial charge >= 0.3 is 0 Å². The van der Waals surface area contributed by atoms with E-state index in [1.807, 2.05) is 97.1 Å². The van der Waals surface area contributed by atoms with Crippen molar-refractivity contribution >= 4 is 22.6 Å². The second kappa shape index (κ2) is 14.6. The normalized spacial score (nSPS) is 10.7. The number of carbonyl (C=O) groups is 2. The average Bonchev–Trinajstić information content (AvgIpc) is 3.12. The summed E-state index contributed by atoms with van der Waals surface area (Å²) in [4.78, 5) is 34.5. The Morgan fingerprint density at radius 3 is 1.37 bits per heavy atom. The third-order valence-electron chi connectivity index (χ3n) is 7.44. The zero-order valence-electron chi connectivity index (χ0n) is 25.1. The van der Waals surface area contributed by atoms with Crippen molar-refractivity contribution in [1.29, 1.82) is 0 Å². The number of hydrogen-bond acceptors (Lipinski definition) is 6. The molecule has 0 aliphatic carbocycles. The number of ether oxygens (including phenoxy) is 2. The van der Waals surface area contributed by atoms with Gasteiger partial charge < -0.3 is 20.1 Å². The van der Waals surface area contributed by atoms with Crippen molar-refractivity contribution in [2.45, 2.75) is 26.3 Å². The van der Waals surface area contributed by atoms with E-state index in [0.29, 0.717) is 35.7 Å². The Bertz CT molecular complexity index is 1810. The molecule has 0 bridgehead atoms. The molecule has 0 spiro atoms. The smallest absolute Gasteiger partial charge is 0.255 e. The number of carbonyl (C=O) groups excluding carboxylic acids is 2. The van der Waals surface area contributed by atoms with E-state index in [2.05, 4.69) is 20.6 Å². The molecular formula is C38H32N4O4. The number of fused-ring (bicyclic) bond motifs is 1. The van der Waals surface area contributed by atoms with Crippen LogP contribution in [0.2, 0.25) is 0 Å². The van der Waals surface area contributed by atoms with Crippen LogP contribution in [-0.2, 0) is 26.3 Å². The van der Waals surface area contributed by atoms with Gasteiger partial charge in [-0.25, -0.2) is 0 Å². The number of pyridine rings is 2. The molecule has 6 aromatic rings. The van der Waals surface area contributed by atoms with Gasteiger partial charge in [0.05, 0.1) is 35.6 Å². The highest BCUT2D eigenvalue weighted by molar-refractivity contribution is 5.97. The molecular weight excluding hydrogens is 576 g/mol. The Morgan fingerprint density at radius 1 is 0.500 bits per heavy atom.